The molecule has 1 nitrogen and oxygen atoms in total. The Labute approximate surface area is 106 Å². The lowest BCUT2D eigenvalue weighted by Crippen LogP contribution is -2.14. The molecule has 0 saturated heterocycles. The lowest BCUT2D eigenvalue weighted by molar-refractivity contribution is 0.388. The van der Waals surface area contributed by atoms with Crippen molar-refractivity contribution < 1.29 is 0 Å². The second-order valence-electron chi connectivity index (χ2n) is 3.52. The maximum Gasteiger partial charge on any atom is -0.00493 e. The predicted octanol–water partition coefficient (Wildman–Crippen LogP) is 5.13. The molecule has 0 spiro atoms. The highest BCUT2D eigenvalue weighted by molar-refractivity contribution is 4.57. The van der Waals surface area contributed by atoms with Crippen LogP contribution in [0.25, 0.3) is 0 Å². The molecule has 0 aliphatic rings. The Morgan fingerprint density at radius 2 is 1.38 bits per heavy atom. The standard InChI is InChI=1S/C8H19N.C3H6.2C2H6/c1-7(2)8(3)5-6-9-4;1-3-2;2*1-2/h7-9H,5-6H2,1-4H3;3H,1H2,2H3;2*1-2H3. The van der Waals surface area contributed by atoms with E-state index in [0.29, 0.717) is 0 Å². The molecule has 0 heterocycles. The zero-order chi connectivity index (χ0) is 14.0. The van der Waals surface area contributed by atoms with Gasteiger partial charge in [0.05, 0.1) is 0 Å². The molecular formula is C15H37N. The highest BCUT2D eigenvalue weighted by Crippen LogP contribution is 2.12. The van der Waals surface area contributed by atoms with Gasteiger partial charge in [-0.3, -0.25) is 0 Å². The number of hydrogen-bond donors (Lipinski definition) is 1. The van der Waals surface area contributed by atoms with Crippen molar-refractivity contribution in [2.75, 3.05) is 13.6 Å². The van der Waals surface area contributed by atoms with Gasteiger partial charge in [-0.15, -0.1) is 6.58 Å². The van der Waals surface area contributed by atoms with Crippen molar-refractivity contribution >= 4 is 0 Å². The van der Waals surface area contributed by atoms with Crippen molar-refractivity contribution in [2.24, 2.45) is 11.8 Å². The van der Waals surface area contributed by atoms with Crippen molar-refractivity contribution in [1.82, 2.24) is 5.32 Å². The van der Waals surface area contributed by atoms with E-state index in [1.54, 1.807) is 6.08 Å². The largest absolute Gasteiger partial charge is 0.320 e. The Morgan fingerprint density at radius 1 is 1.06 bits per heavy atom. The Bertz CT molecular complexity index is 87.4. The van der Waals surface area contributed by atoms with E-state index in [1.165, 1.54) is 6.42 Å². The second kappa shape index (κ2) is 29.3. The maximum atomic E-state index is 3.36. The molecule has 102 valence electrons. The van der Waals surface area contributed by atoms with Gasteiger partial charge < -0.3 is 5.32 Å². The second-order valence-corrected chi connectivity index (χ2v) is 3.52. The summed E-state index contributed by atoms with van der Waals surface area (Å²) in [6, 6.07) is 0. The summed E-state index contributed by atoms with van der Waals surface area (Å²) in [5.41, 5.74) is 0. The first-order valence-electron chi connectivity index (χ1n) is 6.81. The van der Waals surface area contributed by atoms with Gasteiger partial charge in [0.2, 0.25) is 0 Å². The number of rotatable bonds is 4. The summed E-state index contributed by atoms with van der Waals surface area (Å²) in [4.78, 5) is 0. The van der Waals surface area contributed by atoms with Crippen molar-refractivity contribution in [3.05, 3.63) is 12.7 Å². The van der Waals surface area contributed by atoms with E-state index in [1.807, 2.05) is 41.7 Å². The molecule has 0 aromatic rings. The van der Waals surface area contributed by atoms with Crippen molar-refractivity contribution in [3.63, 3.8) is 0 Å². The molecule has 1 N–H and O–H groups in total. The number of allylic oxidation sites excluding steroid dienone is 1. The van der Waals surface area contributed by atoms with Gasteiger partial charge >= 0.3 is 0 Å². The molecule has 0 aromatic carbocycles. The number of hydrogen-bond acceptors (Lipinski definition) is 1. The molecule has 0 rings (SSSR count). The fourth-order valence-corrected chi connectivity index (χ4v) is 0.705. The third-order valence-electron chi connectivity index (χ3n) is 1.99. The van der Waals surface area contributed by atoms with E-state index in [2.05, 4.69) is 32.7 Å². The zero-order valence-corrected chi connectivity index (χ0v) is 13.4. The van der Waals surface area contributed by atoms with E-state index < -0.39 is 0 Å². The van der Waals surface area contributed by atoms with Gasteiger partial charge in [-0.25, -0.2) is 0 Å². The van der Waals surface area contributed by atoms with Crippen LogP contribution in [0.5, 0.6) is 0 Å². The van der Waals surface area contributed by atoms with Gasteiger partial charge in [-0.05, 0) is 38.8 Å². The van der Waals surface area contributed by atoms with Crippen LogP contribution in [0.2, 0.25) is 0 Å². The van der Waals surface area contributed by atoms with E-state index in [0.717, 1.165) is 18.4 Å². The molecule has 0 aromatic heterocycles. The summed E-state index contributed by atoms with van der Waals surface area (Å²) in [6.07, 6.45) is 3.05. The van der Waals surface area contributed by atoms with Crippen molar-refractivity contribution in [2.45, 2.75) is 61.8 Å². The third-order valence-corrected chi connectivity index (χ3v) is 1.99. The first-order valence-corrected chi connectivity index (χ1v) is 6.81. The van der Waals surface area contributed by atoms with Gasteiger partial charge in [0.1, 0.15) is 0 Å². The minimum absolute atomic E-state index is 0.832. The quantitative estimate of drug-likeness (QED) is 0.661. The fraction of sp³-hybridized carbons (Fsp3) is 0.867. The first kappa shape index (κ1) is 24.8. The molecule has 0 aliphatic heterocycles. The lowest BCUT2D eigenvalue weighted by atomic mass is 9.95. The number of nitrogens with one attached hydrogen (secondary N) is 1. The van der Waals surface area contributed by atoms with E-state index in [4.69, 9.17) is 0 Å². The average molecular weight is 231 g/mol. The van der Waals surface area contributed by atoms with Crippen molar-refractivity contribution in [1.29, 1.82) is 0 Å². The summed E-state index contributed by atoms with van der Waals surface area (Å²) in [5.74, 6) is 1.69. The minimum Gasteiger partial charge on any atom is -0.320 e. The molecule has 0 saturated carbocycles. The molecule has 0 radical (unpaired) electrons. The van der Waals surface area contributed by atoms with Gasteiger partial charge in [0, 0.05) is 0 Å². The monoisotopic (exact) mass is 231 g/mol. The molecule has 0 amide bonds. The highest BCUT2D eigenvalue weighted by Gasteiger charge is 2.04. The fourth-order valence-electron chi connectivity index (χ4n) is 0.705. The van der Waals surface area contributed by atoms with Crippen LogP contribution in [0.1, 0.15) is 61.8 Å². The molecule has 1 heteroatoms. The summed E-state index contributed by atoms with van der Waals surface area (Å²) < 4.78 is 0. The summed E-state index contributed by atoms with van der Waals surface area (Å²) in [6.45, 7) is 21.3. The van der Waals surface area contributed by atoms with Crippen LogP contribution < -0.4 is 5.32 Å². The van der Waals surface area contributed by atoms with Crippen LogP contribution >= 0.6 is 0 Å². The van der Waals surface area contributed by atoms with Crippen LogP contribution in [-0.4, -0.2) is 13.6 Å². The zero-order valence-electron chi connectivity index (χ0n) is 13.4. The summed E-state index contributed by atoms with van der Waals surface area (Å²) >= 11 is 0. The Hall–Kier alpha value is -0.300. The third kappa shape index (κ3) is 37.3. The van der Waals surface area contributed by atoms with E-state index in [-0.39, 0.29) is 0 Å². The Balaban J connectivity index is -0.0000000864. The maximum absolute atomic E-state index is 3.36. The molecule has 0 aliphatic carbocycles. The van der Waals surface area contributed by atoms with Crippen LogP contribution in [0, 0.1) is 11.8 Å². The van der Waals surface area contributed by atoms with Crippen LogP contribution in [0.15, 0.2) is 12.7 Å². The summed E-state index contributed by atoms with van der Waals surface area (Å²) in [5, 5.41) is 3.15. The summed E-state index contributed by atoms with van der Waals surface area (Å²) in [7, 11) is 2.01. The van der Waals surface area contributed by atoms with Crippen LogP contribution in [0.4, 0.5) is 0 Å². The topological polar surface area (TPSA) is 12.0 Å². The first-order chi connectivity index (χ1) is 7.59. The lowest BCUT2D eigenvalue weighted by Gasteiger charge is -2.14. The minimum atomic E-state index is 0.832. The van der Waals surface area contributed by atoms with Gasteiger partial charge in [-0.2, -0.15) is 0 Å². The van der Waals surface area contributed by atoms with E-state index in [9.17, 15) is 0 Å². The van der Waals surface area contributed by atoms with Gasteiger partial charge in [-0.1, -0.05) is 54.5 Å². The SMILES string of the molecule is C=CC.CC.CC.CNCCC(C)C(C)C. The van der Waals surface area contributed by atoms with Crippen molar-refractivity contribution in [3.8, 4) is 0 Å². The molecular weight excluding hydrogens is 194 g/mol. The normalized spacial score (nSPS) is 9.62. The molecule has 0 bridgehead atoms. The molecule has 0 fully saturated rings. The van der Waals surface area contributed by atoms with Crippen LogP contribution in [-0.2, 0) is 0 Å². The average Bonchev–Trinajstić information content (AvgIpc) is 2.32. The van der Waals surface area contributed by atoms with Gasteiger partial charge in [0.25, 0.3) is 0 Å². The molecule has 1 atom stereocenters. The Morgan fingerprint density at radius 3 is 1.56 bits per heavy atom. The Kier molecular flexibility index (Phi) is 45.4. The smallest absolute Gasteiger partial charge is 0.00493 e. The van der Waals surface area contributed by atoms with Gasteiger partial charge in [0.15, 0.2) is 0 Å². The van der Waals surface area contributed by atoms with E-state index >= 15 is 0 Å². The molecule has 16 heavy (non-hydrogen) atoms. The predicted molar refractivity (Wildman–Crippen MR) is 81.1 cm³/mol. The van der Waals surface area contributed by atoms with Crippen LogP contribution in [0.3, 0.4) is 0 Å². The molecule has 1 unspecified atom stereocenters. The highest BCUT2D eigenvalue weighted by atomic mass is 14.8.